The largest absolute Gasteiger partial charge is 0.490 e. The first kappa shape index (κ1) is 11.8. The van der Waals surface area contributed by atoms with Gasteiger partial charge in [0.25, 0.3) is 0 Å². The molecule has 0 fully saturated rings. The van der Waals surface area contributed by atoms with E-state index in [-0.39, 0.29) is 0 Å². The van der Waals surface area contributed by atoms with Gasteiger partial charge in [0.1, 0.15) is 18.2 Å². The van der Waals surface area contributed by atoms with Crippen LogP contribution in [0.1, 0.15) is 5.82 Å². The molecule has 0 aliphatic rings. The molecule has 2 N–H and O–H groups in total. The number of ether oxygens (including phenoxy) is 1. The average Bonchev–Trinajstić information content (AvgIpc) is 2.68. The minimum Gasteiger partial charge on any atom is -0.490 e. The summed E-state index contributed by atoms with van der Waals surface area (Å²) in [6.07, 6.45) is 3.69. The third-order valence-corrected chi connectivity index (χ3v) is 2.76. The number of benzene rings is 1. The predicted molar refractivity (Wildman–Crippen MR) is 68.3 cm³/mol. The minimum absolute atomic E-state index is 0.535. The number of rotatable bonds is 4. The van der Waals surface area contributed by atoms with Gasteiger partial charge in [-0.3, -0.25) is 0 Å². The topological polar surface area (TPSA) is 53.1 Å². The third-order valence-electron chi connectivity index (χ3n) is 2.47. The molecular formula is C12H14ClN3O. The van der Waals surface area contributed by atoms with Gasteiger partial charge in [0.2, 0.25) is 0 Å². The summed E-state index contributed by atoms with van der Waals surface area (Å²) in [5.41, 5.74) is 6.23. The molecule has 5 heteroatoms. The van der Waals surface area contributed by atoms with Crippen molar-refractivity contribution in [3.8, 4) is 5.75 Å². The van der Waals surface area contributed by atoms with Crippen LogP contribution in [0.3, 0.4) is 0 Å². The number of nitrogens with zero attached hydrogens (tertiary/aromatic N) is 2. The first-order valence-corrected chi connectivity index (χ1v) is 5.70. The van der Waals surface area contributed by atoms with Gasteiger partial charge in [0, 0.05) is 18.1 Å². The summed E-state index contributed by atoms with van der Waals surface area (Å²) in [7, 11) is 0. The van der Waals surface area contributed by atoms with Crippen LogP contribution in [0.25, 0.3) is 0 Å². The number of hydrogen-bond donors (Lipinski definition) is 1. The second-order valence-corrected chi connectivity index (χ2v) is 4.11. The van der Waals surface area contributed by atoms with Gasteiger partial charge in [-0.25, -0.2) is 4.98 Å². The van der Waals surface area contributed by atoms with Gasteiger partial charge < -0.3 is 15.0 Å². The summed E-state index contributed by atoms with van der Waals surface area (Å²) in [5.74, 6) is 1.62. The van der Waals surface area contributed by atoms with E-state index in [1.807, 2.05) is 17.7 Å². The van der Waals surface area contributed by atoms with Gasteiger partial charge in [0.05, 0.1) is 11.6 Å². The molecule has 0 amide bonds. The Bertz CT molecular complexity index is 510. The van der Waals surface area contributed by atoms with E-state index in [1.165, 1.54) is 0 Å². The highest BCUT2D eigenvalue weighted by molar-refractivity contribution is 6.32. The fourth-order valence-electron chi connectivity index (χ4n) is 1.53. The molecule has 2 rings (SSSR count). The highest BCUT2D eigenvalue weighted by atomic mass is 35.5. The first-order chi connectivity index (χ1) is 8.16. The van der Waals surface area contributed by atoms with Gasteiger partial charge in [-0.1, -0.05) is 11.6 Å². The molecule has 0 saturated heterocycles. The normalized spacial score (nSPS) is 10.5. The lowest BCUT2D eigenvalue weighted by molar-refractivity contribution is 0.297. The molecule has 0 bridgehead atoms. The fourth-order valence-corrected chi connectivity index (χ4v) is 1.77. The van der Waals surface area contributed by atoms with E-state index < -0.39 is 0 Å². The lowest BCUT2D eigenvalue weighted by atomic mass is 10.3. The SMILES string of the molecule is Cc1nccn1CCOc1ccc(N)cc1Cl. The molecule has 17 heavy (non-hydrogen) atoms. The summed E-state index contributed by atoms with van der Waals surface area (Å²) in [4.78, 5) is 4.14. The summed E-state index contributed by atoms with van der Waals surface area (Å²) >= 11 is 6.00. The number of nitrogens with two attached hydrogens (primary N) is 1. The van der Waals surface area contributed by atoms with Gasteiger partial charge in [-0.05, 0) is 25.1 Å². The van der Waals surface area contributed by atoms with Crippen LogP contribution in [0.5, 0.6) is 5.75 Å². The van der Waals surface area contributed by atoms with Crippen molar-refractivity contribution in [3.63, 3.8) is 0 Å². The van der Waals surface area contributed by atoms with Gasteiger partial charge in [0.15, 0.2) is 0 Å². The Morgan fingerprint density at radius 1 is 1.47 bits per heavy atom. The summed E-state index contributed by atoms with van der Waals surface area (Å²) in [6, 6.07) is 5.22. The number of nitrogen functional groups attached to an aromatic ring is 1. The molecule has 0 atom stereocenters. The van der Waals surface area contributed by atoms with E-state index in [0.717, 1.165) is 12.4 Å². The molecule has 1 heterocycles. The van der Waals surface area contributed by atoms with Crippen molar-refractivity contribution in [3.05, 3.63) is 41.4 Å². The number of halogens is 1. The highest BCUT2D eigenvalue weighted by Crippen LogP contribution is 2.26. The van der Waals surface area contributed by atoms with Crippen LogP contribution in [-0.2, 0) is 6.54 Å². The van der Waals surface area contributed by atoms with Crippen LogP contribution < -0.4 is 10.5 Å². The zero-order valence-corrected chi connectivity index (χ0v) is 10.3. The van der Waals surface area contributed by atoms with E-state index in [4.69, 9.17) is 22.1 Å². The van der Waals surface area contributed by atoms with Gasteiger partial charge in [-0.2, -0.15) is 0 Å². The lowest BCUT2D eigenvalue weighted by Gasteiger charge is -2.09. The van der Waals surface area contributed by atoms with Crippen LogP contribution in [0, 0.1) is 6.92 Å². The number of aromatic nitrogens is 2. The van der Waals surface area contributed by atoms with Crippen molar-refractivity contribution in [1.82, 2.24) is 9.55 Å². The van der Waals surface area contributed by atoms with Crippen molar-refractivity contribution in [2.24, 2.45) is 0 Å². The second kappa shape index (κ2) is 5.10. The molecule has 4 nitrogen and oxygen atoms in total. The third kappa shape index (κ3) is 2.91. The number of aryl methyl sites for hydroxylation is 1. The van der Waals surface area contributed by atoms with Crippen LogP contribution in [0.15, 0.2) is 30.6 Å². The van der Waals surface area contributed by atoms with Crippen molar-refractivity contribution in [1.29, 1.82) is 0 Å². The van der Waals surface area contributed by atoms with Crippen LogP contribution in [0.4, 0.5) is 5.69 Å². The standard InChI is InChI=1S/C12H14ClN3O/c1-9-15-4-5-16(9)6-7-17-12-3-2-10(14)8-11(12)13/h2-5,8H,6-7,14H2,1H3. The minimum atomic E-state index is 0.535. The van der Waals surface area contributed by atoms with Crippen LogP contribution in [-0.4, -0.2) is 16.2 Å². The molecule has 0 unspecified atom stereocenters. The van der Waals surface area contributed by atoms with E-state index in [9.17, 15) is 0 Å². The van der Waals surface area contributed by atoms with Crippen LogP contribution in [0.2, 0.25) is 5.02 Å². The van der Waals surface area contributed by atoms with E-state index in [0.29, 0.717) is 23.1 Å². The van der Waals surface area contributed by atoms with E-state index >= 15 is 0 Å². The molecule has 0 aliphatic carbocycles. The Kier molecular flexibility index (Phi) is 3.54. The number of anilines is 1. The van der Waals surface area contributed by atoms with Crippen LogP contribution >= 0.6 is 11.6 Å². The zero-order chi connectivity index (χ0) is 12.3. The molecule has 0 spiro atoms. The molecular weight excluding hydrogens is 238 g/mol. The molecule has 0 aliphatic heterocycles. The average molecular weight is 252 g/mol. The van der Waals surface area contributed by atoms with E-state index in [1.54, 1.807) is 24.4 Å². The van der Waals surface area contributed by atoms with Crippen molar-refractivity contribution in [2.75, 3.05) is 12.3 Å². The Labute approximate surface area is 105 Å². The molecule has 90 valence electrons. The molecule has 0 saturated carbocycles. The fraction of sp³-hybridized carbons (Fsp3) is 0.250. The summed E-state index contributed by atoms with van der Waals surface area (Å²) in [5, 5.41) is 0.535. The summed E-state index contributed by atoms with van der Waals surface area (Å²) in [6.45, 7) is 3.24. The second-order valence-electron chi connectivity index (χ2n) is 3.71. The zero-order valence-electron chi connectivity index (χ0n) is 9.56. The Morgan fingerprint density at radius 2 is 2.29 bits per heavy atom. The highest BCUT2D eigenvalue weighted by Gasteiger charge is 2.02. The maximum Gasteiger partial charge on any atom is 0.138 e. The molecule has 0 radical (unpaired) electrons. The first-order valence-electron chi connectivity index (χ1n) is 5.32. The number of hydrogen-bond acceptors (Lipinski definition) is 3. The van der Waals surface area contributed by atoms with Crippen molar-refractivity contribution >= 4 is 17.3 Å². The molecule has 1 aromatic carbocycles. The monoisotopic (exact) mass is 251 g/mol. The Balaban J connectivity index is 1.92. The maximum atomic E-state index is 6.00. The van der Waals surface area contributed by atoms with Gasteiger partial charge >= 0.3 is 0 Å². The van der Waals surface area contributed by atoms with E-state index in [2.05, 4.69) is 4.98 Å². The van der Waals surface area contributed by atoms with Crippen molar-refractivity contribution < 1.29 is 4.74 Å². The quantitative estimate of drug-likeness (QED) is 0.850. The number of imidazole rings is 1. The Hall–Kier alpha value is -1.68. The summed E-state index contributed by atoms with van der Waals surface area (Å²) < 4.78 is 7.60. The lowest BCUT2D eigenvalue weighted by Crippen LogP contribution is -2.09. The smallest absolute Gasteiger partial charge is 0.138 e. The molecule has 1 aromatic heterocycles. The predicted octanol–water partition coefficient (Wildman–Crippen LogP) is 2.51. The van der Waals surface area contributed by atoms with Crippen molar-refractivity contribution in [2.45, 2.75) is 13.5 Å². The van der Waals surface area contributed by atoms with Gasteiger partial charge in [-0.15, -0.1) is 0 Å². The molecule has 2 aromatic rings. The maximum absolute atomic E-state index is 6.00. The Morgan fingerprint density at radius 3 is 2.94 bits per heavy atom.